The van der Waals surface area contributed by atoms with Crippen molar-refractivity contribution in [2.24, 2.45) is 0 Å². The van der Waals surface area contributed by atoms with Gasteiger partial charge in [0.2, 0.25) is 0 Å². The van der Waals surface area contributed by atoms with Gasteiger partial charge in [-0.3, -0.25) is 4.79 Å². The molecule has 0 aliphatic rings. The summed E-state index contributed by atoms with van der Waals surface area (Å²) in [6.07, 6.45) is -0.905. The SMILES string of the molecule is CC(=O)c1cccc(OCC(O)COc2ccc(F)cc2Cl)c1. The Morgan fingerprint density at radius 2 is 1.96 bits per heavy atom. The van der Waals surface area contributed by atoms with Crippen molar-refractivity contribution in [3.05, 3.63) is 58.9 Å². The third-order valence-corrected chi connectivity index (χ3v) is 3.30. The lowest BCUT2D eigenvalue weighted by atomic mass is 10.1. The molecule has 2 aromatic rings. The van der Waals surface area contributed by atoms with Crippen LogP contribution in [0.25, 0.3) is 0 Å². The molecule has 6 heteroatoms. The molecule has 0 heterocycles. The van der Waals surface area contributed by atoms with E-state index in [1.165, 1.54) is 19.1 Å². The Balaban J connectivity index is 1.84. The molecule has 1 atom stereocenters. The summed E-state index contributed by atoms with van der Waals surface area (Å²) in [4.78, 5) is 11.3. The highest BCUT2D eigenvalue weighted by Crippen LogP contribution is 2.25. The molecule has 0 spiro atoms. The van der Waals surface area contributed by atoms with Crippen molar-refractivity contribution in [2.45, 2.75) is 13.0 Å². The number of benzene rings is 2. The summed E-state index contributed by atoms with van der Waals surface area (Å²) in [5, 5.41) is 9.99. The zero-order chi connectivity index (χ0) is 16.8. The fourth-order valence-electron chi connectivity index (χ4n) is 1.82. The van der Waals surface area contributed by atoms with E-state index in [0.29, 0.717) is 11.3 Å². The van der Waals surface area contributed by atoms with Gasteiger partial charge < -0.3 is 14.6 Å². The van der Waals surface area contributed by atoms with Crippen molar-refractivity contribution >= 4 is 17.4 Å². The van der Waals surface area contributed by atoms with Crippen LogP contribution in [0.2, 0.25) is 5.02 Å². The summed E-state index contributed by atoms with van der Waals surface area (Å²) in [6.45, 7) is 1.39. The predicted molar refractivity (Wildman–Crippen MR) is 84.9 cm³/mol. The quantitative estimate of drug-likeness (QED) is 0.785. The highest BCUT2D eigenvalue weighted by atomic mass is 35.5. The Kier molecular flexibility index (Phi) is 5.96. The molecule has 0 bridgehead atoms. The Morgan fingerprint density at radius 3 is 2.65 bits per heavy atom. The van der Waals surface area contributed by atoms with Gasteiger partial charge in [0.1, 0.15) is 36.6 Å². The Morgan fingerprint density at radius 1 is 1.22 bits per heavy atom. The number of Topliss-reactive ketones (excluding diaryl/α,β-unsaturated/α-hetero) is 1. The maximum atomic E-state index is 12.9. The molecule has 4 nitrogen and oxygen atoms in total. The zero-order valence-corrected chi connectivity index (χ0v) is 13.2. The molecule has 0 amide bonds. The lowest BCUT2D eigenvalue weighted by Crippen LogP contribution is -2.25. The van der Waals surface area contributed by atoms with E-state index in [2.05, 4.69) is 0 Å². The van der Waals surface area contributed by atoms with Crippen molar-refractivity contribution in [3.8, 4) is 11.5 Å². The Hall–Kier alpha value is -2.11. The van der Waals surface area contributed by atoms with Crippen molar-refractivity contribution in [1.82, 2.24) is 0 Å². The summed E-state index contributed by atoms with van der Waals surface area (Å²) < 4.78 is 23.7. The van der Waals surface area contributed by atoms with E-state index < -0.39 is 11.9 Å². The van der Waals surface area contributed by atoms with Gasteiger partial charge in [0, 0.05) is 5.56 Å². The first-order valence-corrected chi connectivity index (χ1v) is 7.33. The second kappa shape index (κ2) is 7.94. The maximum absolute atomic E-state index is 12.9. The van der Waals surface area contributed by atoms with Crippen LogP contribution in [0.3, 0.4) is 0 Å². The van der Waals surface area contributed by atoms with Crippen LogP contribution in [0.4, 0.5) is 4.39 Å². The van der Waals surface area contributed by atoms with E-state index in [4.69, 9.17) is 21.1 Å². The van der Waals surface area contributed by atoms with Crippen LogP contribution in [0, 0.1) is 5.82 Å². The molecule has 0 radical (unpaired) electrons. The molecule has 1 N–H and O–H groups in total. The molecule has 2 rings (SSSR count). The molecule has 2 aromatic carbocycles. The Bertz CT molecular complexity index is 690. The number of rotatable bonds is 7. The number of hydrogen-bond donors (Lipinski definition) is 1. The topological polar surface area (TPSA) is 55.8 Å². The van der Waals surface area contributed by atoms with Gasteiger partial charge >= 0.3 is 0 Å². The largest absolute Gasteiger partial charge is 0.491 e. The van der Waals surface area contributed by atoms with Crippen molar-refractivity contribution < 1.29 is 23.8 Å². The van der Waals surface area contributed by atoms with Gasteiger partial charge in [-0.1, -0.05) is 23.7 Å². The van der Waals surface area contributed by atoms with Crippen molar-refractivity contribution in [3.63, 3.8) is 0 Å². The number of aliphatic hydroxyl groups is 1. The van der Waals surface area contributed by atoms with E-state index in [0.717, 1.165) is 6.07 Å². The van der Waals surface area contributed by atoms with Crippen LogP contribution in [0.1, 0.15) is 17.3 Å². The number of carbonyl (C=O) groups excluding carboxylic acids is 1. The molecule has 0 fully saturated rings. The van der Waals surface area contributed by atoms with Gasteiger partial charge in [-0.25, -0.2) is 4.39 Å². The minimum Gasteiger partial charge on any atom is -0.491 e. The zero-order valence-electron chi connectivity index (χ0n) is 12.5. The molecule has 1 unspecified atom stereocenters. The highest BCUT2D eigenvalue weighted by molar-refractivity contribution is 6.32. The van der Waals surface area contributed by atoms with Gasteiger partial charge in [0.25, 0.3) is 0 Å². The predicted octanol–water partition coefficient (Wildman–Crippen LogP) is 3.50. The summed E-state index contributed by atoms with van der Waals surface area (Å²) in [6, 6.07) is 10.4. The standard InChI is InChI=1S/C17H16ClFO4/c1-11(20)12-3-2-4-15(7-12)22-9-14(21)10-23-17-6-5-13(19)8-16(17)18/h2-8,14,21H,9-10H2,1H3. The van der Waals surface area contributed by atoms with E-state index in [-0.39, 0.29) is 29.8 Å². The molecule has 0 saturated heterocycles. The fraction of sp³-hybridized carbons (Fsp3) is 0.235. The minimum atomic E-state index is -0.905. The smallest absolute Gasteiger partial charge is 0.159 e. The number of aliphatic hydroxyl groups excluding tert-OH is 1. The molecule has 0 aromatic heterocycles. The number of ketones is 1. The molecule has 0 aliphatic carbocycles. The summed E-state index contributed by atoms with van der Waals surface area (Å²) >= 11 is 5.82. The van der Waals surface area contributed by atoms with Crippen LogP contribution < -0.4 is 9.47 Å². The lowest BCUT2D eigenvalue weighted by molar-refractivity contribution is 0.0626. The monoisotopic (exact) mass is 338 g/mol. The van der Waals surface area contributed by atoms with Crippen molar-refractivity contribution in [1.29, 1.82) is 0 Å². The van der Waals surface area contributed by atoms with Crippen LogP contribution in [-0.4, -0.2) is 30.2 Å². The molecule has 122 valence electrons. The second-order valence-corrected chi connectivity index (χ2v) is 5.34. The van der Waals surface area contributed by atoms with Gasteiger partial charge in [0.05, 0.1) is 5.02 Å². The summed E-state index contributed by atoms with van der Waals surface area (Å²) in [5.74, 6) is 0.240. The molecule has 23 heavy (non-hydrogen) atoms. The third kappa shape index (κ3) is 5.23. The fourth-order valence-corrected chi connectivity index (χ4v) is 2.05. The van der Waals surface area contributed by atoms with Crippen LogP contribution in [-0.2, 0) is 0 Å². The van der Waals surface area contributed by atoms with E-state index >= 15 is 0 Å². The first kappa shape index (κ1) is 17.2. The van der Waals surface area contributed by atoms with Crippen LogP contribution in [0.15, 0.2) is 42.5 Å². The molecule has 0 aliphatic heterocycles. The van der Waals surface area contributed by atoms with Crippen LogP contribution in [0.5, 0.6) is 11.5 Å². The van der Waals surface area contributed by atoms with E-state index in [1.807, 2.05) is 0 Å². The highest BCUT2D eigenvalue weighted by Gasteiger charge is 2.10. The Labute approximate surface area is 138 Å². The van der Waals surface area contributed by atoms with E-state index in [9.17, 15) is 14.3 Å². The number of hydrogen-bond acceptors (Lipinski definition) is 4. The molecule has 0 saturated carbocycles. The number of ether oxygens (including phenoxy) is 2. The van der Waals surface area contributed by atoms with Gasteiger partial charge in [-0.05, 0) is 37.3 Å². The summed E-state index contributed by atoms with van der Waals surface area (Å²) in [5.41, 5.74) is 0.534. The number of halogens is 2. The first-order valence-electron chi connectivity index (χ1n) is 6.95. The summed E-state index contributed by atoms with van der Waals surface area (Å²) in [7, 11) is 0. The number of carbonyl (C=O) groups is 1. The maximum Gasteiger partial charge on any atom is 0.159 e. The van der Waals surface area contributed by atoms with E-state index in [1.54, 1.807) is 24.3 Å². The van der Waals surface area contributed by atoms with Gasteiger partial charge in [-0.15, -0.1) is 0 Å². The lowest BCUT2D eigenvalue weighted by Gasteiger charge is -2.14. The minimum absolute atomic E-state index is 0.0137. The average molecular weight is 339 g/mol. The second-order valence-electron chi connectivity index (χ2n) is 4.93. The first-order chi connectivity index (χ1) is 11.0. The van der Waals surface area contributed by atoms with Crippen molar-refractivity contribution in [2.75, 3.05) is 13.2 Å². The van der Waals surface area contributed by atoms with Gasteiger partial charge in [-0.2, -0.15) is 0 Å². The molecular formula is C17H16ClFO4. The average Bonchev–Trinajstić information content (AvgIpc) is 2.52. The third-order valence-electron chi connectivity index (χ3n) is 3.01. The van der Waals surface area contributed by atoms with Crippen LogP contribution >= 0.6 is 11.6 Å². The molecular weight excluding hydrogens is 323 g/mol. The normalized spacial score (nSPS) is 11.8. The van der Waals surface area contributed by atoms with Gasteiger partial charge in [0.15, 0.2) is 5.78 Å².